The van der Waals surface area contributed by atoms with Crippen LogP contribution in [0, 0.1) is 6.92 Å². The average molecular weight is 333 g/mol. The summed E-state index contributed by atoms with van der Waals surface area (Å²) in [5.41, 5.74) is 0.965. The number of benzene rings is 2. The third-order valence-electron chi connectivity index (χ3n) is 3.26. The molecule has 3 heteroatoms. The Labute approximate surface area is 124 Å². The first-order chi connectivity index (χ1) is 9.16. The lowest BCUT2D eigenvalue weighted by Crippen LogP contribution is -1.97. The second kappa shape index (κ2) is 5.08. The molecule has 0 bridgehead atoms. The number of thiophene rings is 1. The topological polar surface area (TPSA) is 20.2 Å². The number of rotatable bonds is 2. The van der Waals surface area contributed by atoms with Gasteiger partial charge in [0.15, 0.2) is 0 Å². The van der Waals surface area contributed by atoms with Crippen molar-refractivity contribution < 1.29 is 5.11 Å². The van der Waals surface area contributed by atoms with Crippen molar-refractivity contribution in [1.29, 1.82) is 0 Å². The summed E-state index contributed by atoms with van der Waals surface area (Å²) in [7, 11) is 0. The van der Waals surface area contributed by atoms with Crippen LogP contribution >= 0.6 is 27.3 Å². The quantitative estimate of drug-likeness (QED) is 0.695. The van der Waals surface area contributed by atoms with Crippen LogP contribution in [0.3, 0.4) is 0 Å². The zero-order valence-corrected chi connectivity index (χ0v) is 12.8. The van der Waals surface area contributed by atoms with E-state index in [1.54, 1.807) is 11.3 Å². The van der Waals surface area contributed by atoms with E-state index < -0.39 is 6.10 Å². The van der Waals surface area contributed by atoms with E-state index in [2.05, 4.69) is 34.1 Å². The van der Waals surface area contributed by atoms with Gasteiger partial charge in [0.25, 0.3) is 0 Å². The van der Waals surface area contributed by atoms with Gasteiger partial charge < -0.3 is 5.11 Å². The molecule has 2 aromatic carbocycles. The molecule has 1 nitrogen and oxygen atoms in total. The number of aliphatic hydroxyl groups excluding tert-OH is 1. The van der Waals surface area contributed by atoms with Gasteiger partial charge in [0.1, 0.15) is 6.10 Å². The maximum atomic E-state index is 10.6. The van der Waals surface area contributed by atoms with Crippen LogP contribution in [-0.2, 0) is 0 Å². The number of fused-ring (bicyclic) bond motifs is 1. The Kier molecular flexibility index (Phi) is 3.44. The van der Waals surface area contributed by atoms with Crippen molar-refractivity contribution in [1.82, 2.24) is 0 Å². The summed E-state index contributed by atoms with van der Waals surface area (Å²) in [6.45, 7) is 2.05. The second-order valence-corrected chi connectivity index (χ2v) is 6.67. The molecule has 0 aliphatic heterocycles. The van der Waals surface area contributed by atoms with E-state index in [0.717, 1.165) is 25.7 Å². The van der Waals surface area contributed by atoms with Gasteiger partial charge >= 0.3 is 0 Å². The van der Waals surface area contributed by atoms with Crippen LogP contribution in [0.4, 0.5) is 0 Å². The SMILES string of the molecule is Cc1sc(C(O)c2cccc3ccccc23)cc1Br. The molecule has 19 heavy (non-hydrogen) atoms. The van der Waals surface area contributed by atoms with E-state index in [0.29, 0.717) is 0 Å². The monoisotopic (exact) mass is 332 g/mol. The number of hydrogen-bond acceptors (Lipinski definition) is 2. The minimum atomic E-state index is -0.568. The van der Waals surface area contributed by atoms with Crippen LogP contribution in [0.25, 0.3) is 10.8 Å². The number of aryl methyl sites for hydroxylation is 1. The smallest absolute Gasteiger partial charge is 0.114 e. The van der Waals surface area contributed by atoms with Crippen LogP contribution in [0.15, 0.2) is 53.0 Å². The van der Waals surface area contributed by atoms with E-state index in [4.69, 9.17) is 0 Å². The number of hydrogen-bond donors (Lipinski definition) is 1. The summed E-state index contributed by atoms with van der Waals surface area (Å²) in [6.07, 6.45) is -0.568. The van der Waals surface area contributed by atoms with Gasteiger partial charge in [-0.15, -0.1) is 11.3 Å². The molecule has 0 fully saturated rings. The first-order valence-electron chi connectivity index (χ1n) is 6.08. The molecule has 0 radical (unpaired) electrons. The van der Waals surface area contributed by atoms with Gasteiger partial charge in [0, 0.05) is 14.2 Å². The maximum absolute atomic E-state index is 10.6. The Balaban J connectivity index is 2.13. The fraction of sp³-hybridized carbons (Fsp3) is 0.125. The van der Waals surface area contributed by atoms with Gasteiger partial charge in [0.2, 0.25) is 0 Å². The highest BCUT2D eigenvalue weighted by atomic mass is 79.9. The molecule has 1 atom stereocenters. The van der Waals surface area contributed by atoms with E-state index in [9.17, 15) is 5.11 Å². The molecule has 0 spiro atoms. The summed E-state index contributed by atoms with van der Waals surface area (Å²) in [6, 6.07) is 16.2. The van der Waals surface area contributed by atoms with Crippen molar-refractivity contribution in [3.63, 3.8) is 0 Å². The van der Waals surface area contributed by atoms with Crippen molar-refractivity contribution in [2.45, 2.75) is 13.0 Å². The van der Waals surface area contributed by atoms with E-state index >= 15 is 0 Å². The Bertz CT molecular complexity index is 708. The van der Waals surface area contributed by atoms with Crippen LogP contribution in [0.2, 0.25) is 0 Å². The largest absolute Gasteiger partial charge is 0.383 e. The normalized spacial score (nSPS) is 12.8. The predicted molar refractivity (Wildman–Crippen MR) is 84.8 cm³/mol. The van der Waals surface area contributed by atoms with E-state index in [1.165, 1.54) is 4.88 Å². The molecule has 0 amide bonds. The lowest BCUT2D eigenvalue weighted by atomic mass is 10.00. The van der Waals surface area contributed by atoms with Gasteiger partial charge in [0.05, 0.1) is 0 Å². The molecule has 0 aliphatic rings. The average Bonchev–Trinajstić information content (AvgIpc) is 2.77. The first kappa shape index (κ1) is 12.9. The van der Waals surface area contributed by atoms with Crippen molar-refractivity contribution in [3.8, 4) is 0 Å². The summed E-state index contributed by atoms with van der Waals surface area (Å²) >= 11 is 5.13. The Morgan fingerprint density at radius 3 is 2.58 bits per heavy atom. The highest BCUT2D eigenvalue weighted by Gasteiger charge is 2.16. The molecule has 1 N–H and O–H groups in total. The van der Waals surface area contributed by atoms with Crippen LogP contribution in [-0.4, -0.2) is 5.11 Å². The Morgan fingerprint density at radius 1 is 1.11 bits per heavy atom. The van der Waals surface area contributed by atoms with E-state index in [1.807, 2.05) is 37.3 Å². The standard InChI is InChI=1S/C16H13BrOS/c1-10-14(17)9-15(19-10)16(18)13-8-4-6-11-5-2-3-7-12(11)13/h2-9,16,18H,1H3. The van der Waals surface area contributed by atoms with Crippen LogP contribution < -0.4 is 0 Å². The maximum Gasteiger partial charge on any atom is 0.114 e. The second-order valence-electron chi connectivity index (χ2n) is 4.52. The highest BCUT2D eigenvalue weighted by Crippen LogP contribution is 2.35. The molecule has 3 rings (SSSR count). The van der Waals surface area contributed by atoms with Gasteiger partial charge in [-0.05, 0) is 45.3 Å². The first-order valence-corrected chi connectivity index (χ1v) is 7.69. The third kappa shape index (κ3) is 2.34. The molecule has 1 aromatic heterocycles. The van der Waals surface area contributed by atoms with Gasteiger partial charge in [-0.25, -0.2) is 0 Å². The Morgan fingerprint density at radius 2 is 1.84 bits per heavy atom. The highest BCUT2D eigenvalue weighted by molar-refractivity contribution is 9.10. The zero-order valence-electron chi connectivity index (χ0n) is 10.4. The summed E-state index contributed by atoms with van der Waals surface area (Å²) in [5, 5.41) is 12.9. The third-order valence-corrected chi connectivity index (χ3v) is 5.45. The predicted octanol–water partition coefficient (Wildman–Crippen LogP) is 5.05. The van der Waals surface area contributed by atoms with Crippen LogP contribution in [0.5, 0.6) is 0 Å². The van der Waals surface area contributed by atoms with Crippen molar-refractivity contribution in [2.24, 2.45) is 0 Å². The molecule has 1 unspecified atom stereocenters. The van der Waals surface area contributed by atoms with Crippen molar-refractivity contribution >= 4 is 38.0 Å². The van der Waals surface area contributed by atoms with Crippen LogP contribution in [0.1, 0.15) is 21.4 Å². The minimum absolute atomic E-state index is 0.568. The molecule has 0 aliphatic carbocycles. The molecular weight excluding hydrogens is 320 g/mol. The minimum Gasteiger partial charge on any atom is -0.383 e. The Hall–Kier alpha value is -1.16. The molecule has 0 saturated carbocycles. The molecule has 96 valence electrons. The summed E-state index contributed by atoms with van der Waals surface area (Å²) in [5.74, 6) is 0. The fourth-order valence-corrected chi connectivity index (χ4v) is 3.82. The molecule has 3 aromatic rings. The van der Waals surface area contributed by atoms with Gasteiger partial charge in [-0.2, -0.15) is 0 Å². The number of halogens is 1. The fourth-order valence-electron chi connectivity index (χ4n) is 2.26. The van der Waals surface area contributed by atoms with Gasteiger partial charge in [-0.3, -0.25) is 0 Å². The number of aliphatic hydroxyl groups is 1. The van der Waals surface area contributed by atoms with E-state index in [-0.39, 0.29) is 0 Å². The lowest BCUT2D eigenvalue weighted by Gasteiger charge is -2.12. The van der Waals surface area contributed by atoms with Crippen molar-refractivity contribution in [3.05, 3.63) is 68.3 Å². The molecular formula is C16H13BrOS. The molecule has 1 heterocycles. The lowest BCUT2D eigenvalue weighted by molar-refractivity contribution is 0.225. The van der Waals surface area contributed by atoms with Gasteiger partial charge in [-0.1, -0.05) is 42.5 Å². The zero-order chi connectivity index (χ0) is 13.4. The molecule has 0 saturated heterocycles. The van der Waals surface area contributed by atoms with Crippen molar-refractivity contribution in [2.75, 3.05) is 0 Å². The summed E-state index contributed by atoms with van der Waals surface area (Å²) in [4.78, 5) is 2.16. The summed E-state index contributed by atoms with van der Waals surface area (Å²) < 4.78 is 1.06.